The molecule has 0 aromatic heterocycles. The fourth-order valence-corrected chi connectivity index (χ4v) is 7.92. The second-order valence-corrected chi connectivity index (χ2v) is 10.7. The predicted molar refractivity (Wildman–Crippen MR) is 88.3 cm³/mol. The molecule has 126 valence electrons. The van der Waals surface area contributed by atoms with Gasteiger partial charge >= 0.3 is 0 Å². The normalized spacial score (nSPS) is 43.0. The van der Waals surface area contributed by atoms with Crippen LogP contribution in [0.4, 0.5) is 0 Å². The van der Waals surface area contributed by atoms with Crippen LogP contribution in [0.1, 0.15) is 33.6 Å². The number of hydrogen-bond donors (Lipinski definition) is 0. The van der Waals surface area contributed by atoms with Gasteiger partial charge in [0, 0.05) is 11.3 Å². The van der Waals surface area contributed by atoms with Crippen LogP contribution in [0.3, 0.4) is 0 Å². The fraction of sp³-hybridized carbons (Fsp3) is 0.625. The van der Waals surface area contributed by atoms with Gasteiger partial charge in [-0.2, -0.15) is 0 Å². The molecular formula is C16H19Cl2NO3S. The Labute approximate surface area is 146 Å². The standard InChI is InChI=1S/C16H19Cl2NO3S/c1-13(2)12-9-10-14(13,3)16(15(12,17)18)19(22-16)23(20,21)11-7-5-4-6-8-11/h4-8,12H,9-10H2,1-3H3/t12-,14+,16+,19?/m1/s1. The number of hydroxylamine groups is 1. The Morgan fingerprint density at radius 2 is 1.78 bits per heavy atom. The summed E-state index contributed by atoms with van der Waals surface area (Å²) in [5.74, 6) is -0.0145. The molecule has 2 saturated carbocycles. The molecule has 7 heteroatoms. The van der Waals surface area contributed by atoms with E-state index in [1.165, 1.54) is 0 Å². The van der Waals surface area contributed by atoms with Crippen LogP contribution >= 0.6 is 23.2 Å². The number of rotatable bonds is 2. The van der Waals surface area contributed by atoms with Crippen LogP contribution in [0.5, 0.6) is 0 Å². The summed E-state index contributed by atoms with van der Waals surface area (Å²) in [4.78, 5) is 5.94. The number of hydrogen-bond acceptors (Lipinski definition) is 3. The van der Waals surface area contributed by atoms with Crippen LogP contribution in [0.2, 0.25) is 0 Å². The van der Waals surface area contributed by atoms with Gasteiger partial charge in [0.05, 0.1) is 4.90 Å². The highest BCUT2D eigenvalue weighted by Gasteiger charge is 2.92. The number of benzene rings is 1. The van der Waals surface area contributed by atoms with E-state index in [1.807, 2.05) is 6.92 Å². The van der Waals surface area contributed by atoms with Crippen molar-refractivity contribution in [1.82, 2.24) is 4.47 Å². The summed E-state index contributed by atoms with van der Waals surface area (Å²) in [6, 6.07) is 8.24. The summed E-state index contributed by atoms with van der Waals surface area (Å²) in [6.07, 6.45) is 1.72. The summed E-state index contributed by atoms with van der Waals surface area (Å²) in [5.41, 5.74) is -1.84. The van der Waals surface area contributed by atoms with Crippen molar-refractivity contribution in [3.63, 3.8) is 0 Å². The van der Waals surface area contributed by atoms with Gasteiger partial charge in [0.1, 0.15) is 0 Å². The molecule has 0 amide bonds. The number of alkyl halides is 2. The number of sulfonamides is 1. The zero-order valence-corrected chi connectivity index (χ0v) is 15.5. The van der Waals surface area contributed by atoms with Crippen molar-refractivity contribution in [1.29, 1.82) is 0 Å². The Balaban J connectivity index is 1.84. The number of nitrogens with zero attached hydrogens (tertiary/aromatic N) is 1. The molecule has 1 heterocycles. The van der Waals surface area contributed by atoms with Gasteiger partial charge in [0.15, 0.2) is 4.33 Å². The Morgan fingerprint density at radius 1 is 1.17 bits per heavy atom. The summed E-state index contributed by atoms with van der Waals surface area (Å²) >= 11 is 13.4. The van der Waals surface area contributed by atoms with Gasteiger partial charge in [-0.3, -0.25) is 4.84 Å². The molecule has 4 atom stereocenters. The summed E-state index contributed by atoms with van der Waals surface area (Å²) in [7, 11) is -3.80. The molecular weight excluding hydrogens is 357 g/mol. The molecule has 1 aromatic rings. The lowest BCUT2D eigenvalue weighted by Crippen LogP contribution is -2.50. The molecule has 4 nitrogen and oxygen atoms in total. The van der Waals surface area contributed by atoms with E-state index < -0.39 is 25.5 Å². The van der Waals surface area contributed by atoms with E-state index in [0.29, 0.717) is 0 Å². The molecule has 23 heavy (non-hydrogen) atoms. The number of fused-ring (bicyclic) bond motifs is 3. The lowest BCUT2D eigenvalue weighted by Gasteiger charge is -2.37. The first-order chi connectivity index (χ1) is 10.5. The van der Waals surface area contributed by atoms with Crippen molar-refractivity contribution in [2.45, 2.75) is 48.6 Å². The first kappa shape index (κ1) is 16.2. The third-order valence-electron chi connectivity index (χ3n) is 6.56. The molecule has 4 rings (SSSR count). The molecule has 3 fully saturated rings. The van der Waals surface area contributed by atoms with E-state index >= 15 is 0 Å². The SMILES string of the molecule is CC1(C)[C@H]2CC[C@]1(C)[C@]1(ON1S(=O)(=O)c1ccccc1)C2(Cl)Cl. The topological polar surface area (TPSA) is 49.7 Å². The molecule has 1 aromatic carbocycles. The van der Waals surface area contributed by atoms with Crippen LogP contribution < -0.4 is 0 Å². The molecule has 0 radical (unpaired) electrons. The largest absolute Gasteiger partial charge is 0.268 e. The van der Waals surface area contributed by atoms with E-state index in [9.17, 15) is 8.42 Å². The first-order valence-electron chi connectivity index (χ1n) is 7.71. The first-order valence-corrected chi connectivity index (χ1v) is 9.90. The minimum absolute atomic E-state index is 0.0145. The van der Waals surface area contributed by atoms with Gasteiger partial charge in [-0.25, -0.2) is 8.42 Å². The van der Waals surface area contributed by atoms with Crippen molar-refractivity contribution in [3.05, 3.63) is 30.3 Å². The van der Waals surface area contributed by atoms with E-state index in [-0.39, 0.29) is 16.2 Å². The van der Waals surface area contributed by atoms with Crippen LogP contribution in [-0.2, 0) is 14.9 Å². The van der Waals surface area contributed by atoms with Crippen molar-refractivity contribution in [3.8, 4) is 0 Å². The van der Waals surface area contributed by atoms with Crippen LogP contribution in [0, 0.1) is 16.7 Å². The Kier molecular flexibility index (Phi) is 2.99. The third-order valence-corrected chi connectivity index (χ3v) is 9.24. The molecule has 2 aliphatic carbocycles. The van der Waals surface area contributed by atoms with Crippen molar-refractivity contribution < 1.29 is 13.3 Å². The lowest BCUT2D eigenvalue weighted by atomic mass is 9.68. The Hall–Kier alpha value is -0.330. The van der Waals surface area contributed by atoms with Gasteiger partial charge in [0.25, 0.3) is 10.0 Å². The maximum absolute atomic E-state index is 13.0. The predicted octanol–water partition coefficient (Wildman–Crippen LogP) is 3.95. The molecule has 3 aliphatic rings. The minimum Gasteiger partial charge on any atom is -0.251 e. The average Bonchev–Trinajstić information content (AvgIpc) is 3.18. The maximum atomic E-state index is 13.0. The molecule has 0 N–H and O–H groups in total. The molecule has 1 unspecified atom stereocenters. The average molecular weight is 376 g/mol. The van der Waals surface area contributed by atoms with Gasteiger partial charge in [-0.15, -0.1) is 0 Å². The van der Waals surface area contributed by atoms with Crippen molar-refractivity contribution in [2.75, 3.05) is 0 Å². The second kappa shape index (κ2) is 4.25. The van der Waals surface area contributed by atoms with Crippen LogP contribution in [-0.4, -0.2) is 22.9 Å². The van der Waals surface area contributed by atoms with E-state index in [1.54, 1.807) is 30.3 Å². The third kappa shape index (κ3) is 1.54. The maximum Gasteiger partial charge on any atom is 0.268 e. The van der Waals surface area contributed by atoms with Crippen LogP contribution in [0.25, 0.3) is 0 Å². The summed E-state index contributed by atoms with van der Waals surface area (Å²) in [5, 5.41) is 0. The van der Waals surface area contributed by atoms with Gasteiger partial charge in [-0.1, -0.05) is 62.2 Å². The molecule has 2 bridgehead atoms. The zero-order chi connectivity index (χ0) is 16.9. The molecule has 1 spiro atoms. The summed E-state index contributed by atoms with van der Waals surface area (Å²) in [6.45, 7) is 6.25. The van der Waals surface area contributed by atoms with Gasteiger partial charge < -0.3 is 0 Å². The van der Waals surface area contributed by atoms with Crippen molar-refractivity contribution in [2.24, 2.45) is 16.7 Å². The smallest absolute Gasteiger partial charge is 0.251 e. The molecule has 1 saturated heterocycles. The molecule has 1 aliphatic heterocycles. The monoisotopic (exact) mass is 375 g/mol. The fourth-order valence-electron chi connectivity index (χ4n) is 4.84. The van der Waals surface area contributed by atoms with Crippen molar-refractivity contribution >= 4 is 33.2 Å². The highest BCUT2D eigenvalue weighted by molar-refractivity contribution is 7.89. The summed E-state index contributed by atoms with van der Waals surface area (Å²) < 4.78 is 25.7. The van der Waals surface area contributed by atoms with E-state index in [2.05, 4.69) is 13.8 Å². The highest BCUT2D eigenvalue weighted by atomic mass is 35.5. The second-order valence-electron chi connectivity index (χ2n) is 7.55. The van der Waals surface area contributed by atoms with E-state index in [4.69, 9.17) is 28.0 Å². The van der Waals surface area contributed by atoms with Gasteiger partial charge in [-0.05, 0) is 34.9 Å². The highest BCUT2D eigenvalue weighted by Crippen LogP contribution is 2.82. The van der Waals surface area contributed by atoms with Gasteiger partial charge in [0.2, 0.25) is 5.72 Å². The number of halogens is 2. The Morgan fingerprint density at radius 3 is 2.30 bits per heavy atom. The minimum atomic E-state index is -3.80. The Bertz CT molecular complexity index is 780. The zero-order valence-electron chi connectivity index (χ0n) is 13.2. The lowest BCUT2D eigenvalue weighted by molar-refractivity contribution is 0.0680. The quantitative estimate of drug-likeness (QED) is 0.580. The van der Waals surface area contributed by atoms with Crippen LogP contribution in [0.15, 0.2) is 35.2 Å². The van der Waals surface area contributed by atoms with E-state index in [0.717, 1.165) is 17.3 Å².